The number of carbonyl (C=O) groups excluding carboxylic acids is 3. The van der Waals surface area contributed by atoms with Gasteiger partial charge in [-0.3, -0.25) is 14.4 Å². The first kappa shape index (κ1) is 63.4. The van der Waals surface area contributed by atoms with Crippen molar-refractivity contribution in [1.29, 1.82) is 0 Å². The fourth-order valence-electron chi connectivity index (χ4n) is 9.07. The van der Waals surface area contributed by atoms with Gasteiger partial charge in [0.1, 0.15) is 13.2 Å². The second-order valence-corrected chi connectivity index (χ2v) is 20.5. The van der Waals surface area contributed by atoms with Gasteiger partial charge in [0.15, 0.2) is 6.10 Å². The van der Waals surface area contributed by atoms with Crippen LogP contribution < -0.4 is 0 Å². The van der Waals surface area contributed by atoms with Crippen molar-refractivity contribution in [2.45, 2.75) is 342 Å². The Balaban J connectivity index is 4.27. The van der Waals surface area contributed by atoms with Crippen LogP contribution in [0.2, 0.25) is 0 Å². The summed E-state index contributed by atoms with van der Waals surface area (Å²) in [5, 5.41) is 0. The van der Waals surface area contributed by atoms with Crippen LogP contribution >= 0.6 is 0 Å². The zero-order chi connectivity index (χ0) is 47.4. The molecule has 6 heteroatoms. The van der Waals surface area contributed by atoms with E-state index in [1.807, 2.05) is 0 Å². The zero-order valence-electron chi connectivity index (χ0n) is 44.5. The lowest BCUT2D eigenvalue weighted by atomic mass is 9.99. The van der Waals surface area contributed by atoms with Gasteiger partial charge in [0.2, 0.25) is 0 Å². The monoisotopic (exact) mass is 919 g/mol. The van der Waals surface area contributed by atoms with Crippen molar-refractivity contribution < 1.29 is 28.6 Å². The second kappa shape index (κ2) is 53.4. The molecule has 0 saturated heterocycles. The Morgan fingerprint density at radius 1 is 0.308 bits per heavy atom. The van der Waals surface area contributed by atoms with Crippen molar-refractivity contribution in [2.75, 3.05) is 13.2 Å². The summed E-state index contributed by atoms with van der Waals surface area (Å²) in [6.07, 6.45) is 58.1. The molecule has 0 aliphatic carbocycles. The van der Waals surface area contributed by atoms with Gasteiger partial charge in [0.25, 0.3) is 0 Å². The summed E-state index contributed by atoms with van der Waals surface area (Å²) in [6, 6.07) is 0. The molecule has 0 N–H and O–H groups in total. The highest BCUT2D eigenvalue weighted by molar-refractivity contribution is 5.71. The molecule has 0 bridgehead atoms. The van der Waals surface area contributed by atoms with Crippen molar-refractivity contribution in [3.63, 3.8) is 0 Å². The molecular formula is C59H114O6. The Kier molecular flexibility index (Phi) is 52.1. The molecule has 0 spiro atoms. The van der Waals surface area contributed by atoms with Crippen molar-refractivity contribution in [2.24, 2.45) is 5.92 Å². The first-order valence-electron chi connectivity index (χ1n) is 29.4. The molecule has 0 rings (SSSR count). The molecule has 0 aromatic rings. The summed E-state index contributed by atoms with van der Waals surface area (Å²) in [4.78, 5) is 38.1. The second-order valence-electron chi connectivity index (χ2n) is 20.5. The van der Waals surface area contributed by atoms with E-state index in [0.717, 1.165) is 63.7 Å². The maximum absolute atomic E-state index is 12.9. The molecule has 0 aromatic carbocycles. The van der Waals surface area contributed by atoms with Crippen LogP contribution in [0.4, 0.5) is 0 Å². The van der Waals surface area contributed by atoms with Gasteiger partial charge >= 0.3 is 17.9 Å². The normalized spacial score (nSPS) is 12.4. The topological polar surface area (TPSA) is 78.9 Å². The number of ether oxygens (including phenoxy) is 3. The lowest BCUT2D eigenvalue weighted by Gasteiger charge is -2.18. The van der Waals surface area contributed by atoms with Gasteiger partial charge in [-0.25, -0.2) is 0 Å². The van der Waals surface area contributed by atoms with Crippen LogP contribution in [0.15, 0.2) is 0 Å². The fraction of sp³-hybridized carbons (Fsp3) is 0.949. The molecule has 0 aromatic heterocycles. The molecule has 0 aliphatic rings. The lowest BCUT2D eigenvalue weighted by molar-refractivity contribution is -0.167. The van der Waals surface area contributed by atoms with E-state index in [9.17, 15) is 14.4 Å². The largest absolute Gasteiger partial charge is 0.462 e. The highest BCUT2D eigenvalue weighted by Crippen LogP contribution is 2.18. The van der Waals surface area contributed by atoms with Gasteiger partial charge in [-0.05, 0) is 25.2 Å². The Morgan fingerprint density at radius 2 is 0.538 bits per heavy atom. The number of carbonyl (C=O) groups is 3. The highest BCUT2D eigenvalue weighted by atomic mass is 16.6. The standard InChI is InChI=1S/C59H114O6/c1-5-8-10-12-14-16-18-20-22-24-26-27-29-31-33-38-42-46-50-57(60)63-53-56(54-64-58(61)51-47-43-39-36-35-37-41-45-49-55(4)7-3)65-59(62)52-48-44-40-34-32-30-28-25-23-21-19-17-15-13-11-9-6-2/h55-56H,5-54H2,1-4H3/t55?,56-/m1/s1. The molecule has 65 heavy (non-hydrogen) atoms. The molecule has 0 radical (unpaired) electrons. The van der Waals surface area contributed by atoms with E-state index in [2.05, 4.69) is 27.7 Å². The summed E-state index contributed by atoms with van der Waals surface area (Å²) >= 11 is 0. The third kappa shape index (κ3) is 51.6. The molecule has 0 fully saturated rings. The van der Waals surface area contributed by atoms with E-state index < -0.39 is 6.10 Å². The Morgan fingerprint density at radius 3 is 0.800 bits per heavy atom. The molecule has 386 valence electrons. The van der Waals surface area contributed by atoms with Crippen LogP contribution in [-0.4, -0.2) is 37.2 Å². The molecule has 0 heterocycles. The summed E-state index contributed by atoms with van der Waals surface area (Å²) in [7, 11) is 0. The van der Waals surface area contributed by atoms with Gasteiger partial charge in [-0.15, -0.1) is 0 Å². The summed E-state index contributed by atoms with van der Waals surface area (Å²) < 4.78 is 16.9. The number of rotatable bonds is 54. The molecule has 6 nitrogen and oxygen atoms in total. The molecule has 0 amide bonds. The van der Waals surface area contributed by atoms with Crippen LogP contribution in [-0.2, 0) is 28.6 Å². The van der Waals surface area contributed by atoms with Gasteiger partial charge < -0.3 is 14.2 Å². The van der Waals surface area contributed by atoms with E-state index in [0.29, 0.717) is 19.3 Å². The minimum absolute atomic E-state index is 0.0622. The fourth-order valence-corrected chi connectivity index (χ4v) is 9.07. The first-order valence-corrected chi connectivity index (χ1v) is 29.4. The minimum atomic E-state index is -0.762. The van der Waals surface area contributed by atoms with E-state index in [4.69, 9.17) is 14.2 Å². The third-order valence-electron chi connectivity index (χ3n) is 13.9. The number of esters is 3. The Labute approximate surface area is 406 Å². The van der Waals surface area contributed by atoms with Crippen molar-refractivity contribution >= 4 is 17.9 Å². The number of hydrogen-bond acceptors (Lipinski definition) is 6. The predicted octanol–water partition coefficient (Wildman–Crippen LogP) is 19.4. The summed E-state index contributed by atoms with van der Waals surface area (Å²) in [5.74, 6) is 0.0112. The quantitative estimate of drug-likeness (QED) is 0.0344. The van der Waals surface area contributed by atoms with Gasteiger partial charge in [0.05, 0.1) is 0 Å². The van der Waals surface area contributed by atoms with Crippen LogP contribution in [0.25, 0.3) is 0 Å². The number of unbranched alkanes of at least 4 members (excludes halogenated alkanes) is 40. The minimum Gasteiger partial charge on any atom is -0.462 e. The van der Waals surface area contributed by atoms with Crippen LogP contribution in [0.5, 0.6) is 0 Å². The van der Waals surface area contributed by atoms with Crippen LogP contribution in [0.3, 0.4) is 0 Å². The molecular weight excluding hydrogens is 805 g/mol. The average Bonchev–Trinajstić information content (AvgIpc) is 3.30. The molecule has 1 unspecified atom stereocenters. The Bertz CT molecular complexity index is 982. The van der Waals surface area contributed by atoms with Gasteiger partial charge in [-0.2, -0.15) is 0 Å². The van der Waals surface area contributed by atoms with Gasteiger partial charge in [-0.1, -0.05) is 297 Å². The average molecular weight is 920 g/mol. The van der Waals surface area contributed by atoms with Crippen molar-refractivity contribution in [1.82, 2.24) is 0 Å². The van der Waals surface area contributed by atoms with Crippen LogP contribution in [0, 0.1) is 5.92 Å². The molecule has 2 atom stereocenters. The smallest absolute Gasteiger partial charge is 0.306 e. The predicted molar refractivity (Wildman–Crippen MR) is 280 cm³/mol. The van der Waals surface area contributed by atoms with Crippen LogP contribution in [0.1, 0.15) is 336 Å². The Hall–Kier alpha value is -1.59. The lowest BCUT2D eigenvalue weighted by Crippen LogP contribution is -2.30. The maximum Gasteiger partial charge on any atom is 0.306 e. The van der Waals surface area contributed by atoms with Crippen molar-refractivity contribution in [3.05, 3.63) is 0 Å². The summed E-state index contributed by atoms with van der Waals surface area (Å²) in [5.41, 5.74) is 0. The SMILES string of the molecule is CCCCCCCCCCCCCCCCCCCCC(=O)OC[C@H](COC(=O)CCCCCCCCCCC(C)CC)OC(=O)CCCCCCCCCCCCCCCCCCC. The van der Waals surface area contributed by atoms with E-state index >= 15 is 0 Å². The number of hydrogen-bond donors (Lipinski definition) is 0. The van der Waals surface area contributed by atoms with Crippen molar-refractivity contribution in [3.8, 4) is 0 Å². The molecule has 0 saturated carbocycles. The first-order chi connectivity index (χ1) is 31.9. The van der Waals surface area contributed by atoms with E-state index in [1.54, 1.807) is 0 Å². The summed E-state index contributed by atoms with van der Waals surface area (Å²) in [6.45, 7) is 9.06. The maximum atomic E-state index is 12.9. The van der Waals surface area contributed by atoms with E-state index in [1.165, 1.54) is 231 Å². The van der Waals surface area contributed by atoms with Gasteiger partial charge in [0, 0.05) is 19.3 Å². The third-order valence-corrected chi connectivity index (χ3v) is 13.9. The zero-order valence-corrected chi connectivity index (χ0v) is 44.5. The van der Waals surface area contributed by atoms with E-state index in [-0.39, 0.29) is 31.1 Å². The molecule has 0 aliphatic heterocycles. The highest BCUT2D eigenvalue weighted by Gasteiger charge is 2.19.